The molecule has 0 bridgehead atoms. The molecule has 6 heteroatoms. The van der Waals surface area contributed by atoms with Crippen LogP contribution in [-0.2, 0) is 6.54 Å². The minimum Gasteiger partial charge on any atom is -0.492 e. The Balaban J connectivity index is 1.29. The number of rotatable bonds is 8. The molecule has 0 spiro atoms. The topological polar surface area (TPSA) is 68.2 Å². The van der Waals surface area contributed by atoms with Gasteiger partial charge in [-0.2, -0.15) is 0 Å². The van der Waals surface area contributed by atoms with Crippen LogP contribution in [-0.4, -0.2) is 35.3 Å². The Morgan fingerprint density at radius 3 is 2.64 bits per heavy atom. The highest BCUT2D eigenvalue weighted by molar-refractivity contribution is 5.75. The molecule has 0 atom stereocenters. The Hall–Kier alpha value is -3.02. The standard InChI is InChI=1S/C19H22N4O2/c24-19(21-12-14-25-16-7-2-1-3-8-16)20-11-6-13-23-15-22-17-9-4-5-10-18(17)23/h1-5,7-10,15H,6,11-14H2,(H2,20,21,24). The molecule has 0 saturated carbocycles. The van der Waals surface area contributed by atoms with Crippen molar-refractivity contribution in [1.29, 1.82) is 0 Å². The number of fused-ring (bicyclic) bond motifs is 1. The zero-order valence-corrected chi connectivity index (χ0v) is 14.0. The highest BCUT2D eigenvalue weighted by Crippen LogP contribution is 2.11. The van der Waals surface area contributed by atoms with Crippen LogP contribution in [0.25, 0.3) is 11.0 Å². The predicted molar refractivity (Wildman–Crippen MR) is 97.7 cm³/mol. The second-order valence-corrected chi connectivity index (χ2v) is 5.62. The number of amides is 2. The first-order valence-corrected chi connectivity index (χ1v) is 8.42. The molecule has 130 valence electrons. The Kier molecular flexibility index (Phi) is 5.87. The molecular weight excluding hydrogens is 316 g/mol. The maximum atomic E-state index is 11.7. The van der Waals surface area contributed by atoms with E-state index in [0.29, 0.717) is 19.7 Å². The maximum absolute atomic E-state index is 11.7. The first-order chi connectivity index (χ1) is 12.3. The molecule has 0 aliphatic rings. The summed E-state index contributed by atoms with van der Waals surface area (Å²) >= 11 is 0. The third kappa shape index (κ3) is 4.97. The Morgan fingerprint density at radius 2 is 1.76 bits per heavy atom. The van der Waals surface area contributed by atoms with Crippen LogP contribution >= 0.6 is 0 Å². The number of carbonyl (C=O) groups is 1. The predicted octanol–water partition coefficient (Wildman–Crippen LogP) is 2.80. The van der Waals surface area contributed by atoms with Crippen LogP contribution in [0, 0.1) is 0 Å². The molecule has 2 N–H and O–H groups in total. The van der Waals surface area contributed by atoms with Gasteiger partial charge in [-0.15, -0.1) is 0 Å². The molecule has 0 radical (unpaired) electrons. The van der Waals surface area contributed by atoms with Crippen molar-refractivity contribution in [2.24, 2.45) is 0 Å². The normalized spacial score (nSPS) is 10.6. The molecule has 1 heterocycles. The Bertz CT molecular complexity index is 801. The average molecular weight is 338 g/mol. The van der Waals surface area contributed by atoms with Gasteiger partial charge in [0, 0.05) is 13.1 Å². The number of benzene rings is 2. The molecule has 3 aromatic rings. The molecule has 3 rings (SSSR count). The molecular formula is C19H22N4O2. The van der Waals surface area contributed by atoms with Crippen LogP contribution in [0.1, 0.15) is 6.42 Å². The van der Waals surface area contributed by atoms with Crippen molar-refractivity contribution in [3.8, 4) is 5.75 Å². The summed E-state index contributed by atoms with van der Waals surface area (Å²) in [6.07, 6.45) is 2.68. The van der Waals surface area contributed by atoms with Gasteiger partial charge in [-0.3, -0.25) is 0 Å². The number of hydrogen-bond acceptors (Lipinski definition) is 3. The number of imidazole rings is 1. The van der Waals surface area contributed by atoms with Crippen molar-refractivity contribution in [3.05, 3.63) is 60.9 Å². The van der Waals surface area contributed by atoms with Crippen molar-refractivity contribution in [3.63, 3.8) is 0 Å². The fourth-order valence-electron chi connectivity index (χ4n) is 2.55. The Labute approximate surface area is 146 Å². The van der Waals surface area contributed by atoms with Crippen LogP contribution in [0.4, 0.5) is 4.79 Å². The maximum Gasteiger partial charge on any atom is 0.314 e. The number of hydrogen-bond donors (Lipinski definition) is 2. The van der Waals surface area contributed by atoms with Gasteiger partial charge in [0.05, 0.1) is 23.9 Å². The van der Waals surface area contributed by atoms with Gasteiger partial charge < -0.3 is 19.9 Å². The molecule has 6 nitrogen and oxygen atoms in total. The number of aryl methyl sites for hydroxylation is 1. The summed E-state index contributed by atoms with van der Waals surface area (Å²) in [5.74, 6) is 0.803. The van der Waals surface area contributed by atoms with Gasteiger partial charge in [0.2, 0.25) is 0 Å². The second-order valence-electron chi connectivity index (χ2n) is 5.62. The van der Waals surface area contributed by atoms with E-state index in [9.17, 15) is 4.79 Å². The van der Waals surface area contributed by atoms with Gasteiger partial charge in [0.25, 0.3) is 0 Å². The molecule has 0 saturated heterocycles. The highest BCUT2D eigenvalue weighted by atomic mass is 16.5. The van der Waals surface area contributed by atoms with E-state index < -0.39 is 0 Å². The summed E-state index contributed by atoms with van der Waals surface area (Å²) < 4.78 is 7.62. The lowest BCUT2D eigenvalue weighted by atomic mass is 10.3. The van der Waals surface area contributed by atoms with E-state index in [1.54, 1.807) is 0 Å². The van der Waals surface area contributed by atoms with E-state index in [0.717, 1.165) is 29.7 Å². The number of carbonyl (C=O) groups excluding carboxylic acids is 1. The zero-order valence-electron chi connectivity index (χ0n) is 14.0. The summed E-state index contributed by atoms with van der Waals surface area (Å²) in [6.45, 7) is 2.33. The van der Waals surface area contributed by atoms with E-state index in [1.165, 1.54) is 0 Å². The first-order valence-electron chi connectivity index (χ1n) is 8.42. The van der Waals surface area contributed by atoms with Crippen LogP contribution in [0.2, 0.25) is 0 Å². The van der Waals surface area contributed by atoms with Gasteiger partial charge in [-0.05, 0) is 30.7 Å². The third-order valence-electron chi connectivity index (χ3n) is 3.79. The van der Waals surface area contributed by atoms with E-state index in [-0.39, 0.29) is 6.03 Å². The summed E-state index contributed by atoms with van der Waals surface area (Å²) in [5.41, 5.74) is 2.11. The van der Waals surface area contributed by atoms with Crippen molar-refractivity contribution < 1.29 is 9.53 Å². The lowest BCUT2D eigenvalue weighted by Gasteiger charge is -2.09. The summed E-state index contributed by atoms with van der Waals surface area (Å²) in [4.78, 5) is 16.1. The summed E-state index contributed by atoms with van der Waals surface area (Å²) in [6, 6.07) is 17.4. The largest absolute Gasteiger partial charge is 0.492 e. The van der Waals surface area contributed by atoms with E-state index in [2.05, 4.69) is 26.3 Å². The van der Waals surface area contributed by atoms with Gasteiger partial charge >= 0.3 is 6.03 Å². The van der Waals surface area contributed by atoms with Gasteiger partial charge in [0.15, 0.2) is 0 Å². The SMILES string of the molecule is O=C(NCCCn1cnc2ccccc21)NCCOc1ccccc1. The van der Waals surface area contributed by atoms with Crippen molar-refractivity contribution in [2.45, 2.75) is 13.0 Å². The fraction of sp³-hybridized carbons (Fsp3) is 0.263. The minimum absolute atomic E-state index is 0.174. The Morgan fingerprint density at radius 1 is 1.00 bits per heavy atom. The van der Waals surface area contributed by atoms with Crippen LogP contribution in [0.15, 0.2) is 60.9 Å². The number of nitrogens with one attached hydrogen (secondary N) is 2. The smallest absolute Gasteiger partial charge is 0.314 e. The van der Waals surface area contributed by atoms with E-state index in [4.69, 9.17) is 4.74 Å². The van der Waals surface area contributed by atoms with Gasteiger partial charge in [-0.25, -0.2) is 9.78 Å². The first kappa shape index (κ1) is 16.8. The summed E-state index contributed by atoms with van der Waals surface area (Å²) in [7, 11) is 0. The lowest BCUT2D eigenvalue weighted by molar-refractivity contribution is 0.236. The molecule has 2 aromatic carbocycles. The fourth-order valence-corrected chi connectivity index (χ4v) is 2.55. The average Bonchev–Trinajstić information content (AvgIpc) is 3.06. The zero-order chi connectivity index (χ0) is 17.3. The van der Waals surface area contributed by atoms with Crippen molar-refractivity contribution >= 4 is 17.1 Å². The van der Waals surface area contributed by atoms with Crippen LogP contribution in [0.3, 0.4) is 0 Å². The highest BCUT2D eigenvalue weighted by Gasteiger charge is 2.02. The van der Waals surface area contributed by atoms with Crippen LogP contribution < -0.4 is 15.4 Å². The molecule has 2 amide bonds. The second kappa shape index (κ2) is 8.73. The number of para-hydroxylation sites is 3. The number of urea groups is 1. The van der Waals surface area contributed by atoms with Gasteiger partial charge in [0.1, 0.15) is 12.4 Å². The molecule has 0 fully saturated rings. The lowest BCUT2D eigenvalue weighted by Crippen LogP contribution is -2.38. The van der Waals surface area contributed by atoms with Crippen LogP contribution in [0.5, 0.6) is 5.75 Å². The van der Waals surface area contributed by atoms with Crippen molar-refractivity contribution in [1.82, 2.24) is 20.2 Å². The third-order valence-corrected chi connectivity index (χ3v) is 3.79. The molecule has 25 heavy (non-hydrogen) atoms. The van der Waals surface area contributed by atoms with E-state index in [1.807, 2.05) is 54.9 Å². The molecule has 0 aliphatic heterocycles. The number of aromatic nitrogens is 2. The van der Waals surface area contributed by atoms with Gasteiger partial charge in [-0.1, -0.05) is 30.3 Å². The number of nitrogens with zero attached hydrogens (tertiary/aromatic N) is 2. The van der Waals surface area contributed by atoms with E-state index >= 15 is 0 Å². The van der Waals surface area contributed by atoms with Crippen molar-refractivity contribution in [2.75, 3.05) is 19.7 Å². The monoisotopic (exact) mass is 338 g/mol. The molecule has 0 aliphatic carbocycles. The summed E-state index contributed by atoms with van der Waals surface area (Å²) in [5, 5.41) is 5.63. The minimum atomic E-state index is -0.174. The molecule has 0 unspecified atom stereocenters. The molecule has 1 aromatic heterocycles. The number of ether oxygens (including phenoxy) is 1. The quantitative estimate of drug-likeness (QED) is 0.621.